The highest BCUT2D eigenvalue weighted by molar-refractivity contribution is 7.90. The molecule has 1 aliphatic rings. The quantitative estimate of drug-likeness (QED) is 0.290. The largest absolute Gasteiger partial charge is 0.350 e. The third-order valence-corrected chi connectivity index (χ3v) is 8.42. The summed E-state index contributed by atoms with van der Waals surface area (Å²) >= 11 is 5.79. The van der Waals surface area contributed by atoms with Gasteiger partial charge in [-0.05, 0) is 38.1 Å². The first-order chi connectivity index (χ1) is 20.3. The van der Waals surface area contributed by atoms with Crippen molar-refractivity contribution in [3.63, 3.8) is 0 Å². The van der Waals surface area contributed by atoms with Gasteiger partial charge in [0, 0.05) is 52.7 Å². The second kappa shape index (κ2) is 12.9. The number of nitrogens with zero attached hydrogens (tertiary/aromatic N) is 2. The summed E-state index contributed by atoms with van der Waals surface area (Å²) in [6.07, 6.45) is -0.208. The molecule has 10 nitrogen and oxygen atoms in total. The number of ketones is 1. The highest BCUT2D eigenvalue weighted by Gasteiger charge is 2.39. The lowest BCUT2D eigenvalue weighted by Crippen LogP contribution is -2.46. The first-order valence-electron chi connectivity index (χ1n) is 13.1. The zero-order valence-electron chi connectivity index (χ0n) is 23.1. The Labute approximate surface area is 251 Å². The summed E-state index contributed by atoms with van der Waals surface area (Å²) in [7, 11) is -3.78. The zero-order chi connectivity index (χ0) is 31.5. The molecule has 0 saturated carbocycles. The Hall–Kier alpha value is -4.28. The van der Waals surface area contributed by atoms with Gasteiger partial charge in [-0.15, -0.1) is 0 Å². The van der Waals surface area contributed by atoms with E-state index in [1.54, 1.807) is 6.07 Å². The normalized spacial score (nSPS) is 16.4. The molecule has 43 heavy (non-hydrogen) atoms. The molecule has 1 aromatic heterocycles. The first-order valence-corrected chi connectivity index (χ1v) is 15.2. The van der Waals surface area contributed by atoms with Gasteiger partial charge >= 0.3 is 5.91 Å². The van der Waals surface area contributed by atoms with Crippen LogP contribution >= 0.6 is 11.6 Å². The van der Waals surface area contributed by atoms with E-state index in [0.717, 1.165) is 4.90 Å². The van der Waals surface area contributed by atoms with Crippen LogP contribution in [0.4, 0.5) is 8.78 Å². The monoisotopic (exact) mass is 632 g/mol. The molecule has 1 saturated heterocycles. The summed E-state index contributed by atoms with van der Waals surface area (Å²) < 4.78 is 55.1. The van der Waals surface area contributed by atoms with Gasteiger partial charge in [-0.25, -0.2) is 21.9 Å². The number of nitrogens with one attached hydrogen (secondary N) is 2. The predicted octanol–water partition coefficient (Wildman–Crippen LogP) is 2.71. The van der Waals surface area contributed by atoms with E-state index >= 15 is 0 Å². The van der Waals surface area contributed by atoms with Crippen molar-refractivity contribution in [2.75, 3.05) is 12.3 Å². The van der Waals surface area contributed by atoms with E-state index in [4.69, 9.17) is 11.6 Å². The van der Waals surface area contributed by atoms with Crippen molar-refractivity contribution in [1.82, 2.24) is 19.5 Å². The molecule has 2 heterocycles. The number of carbonyl (C=O) groups excluding carboxylic acids is 4. The maximum atomic E-state index is 14.4. The van der Waals surface area contributed by atoms with Gasteiger partial charge in [-0.2, -0.15) is 0 Å². The van der Waals surface area contributed by atoms with Gasteiger partial charge in [0.2, 0.25) is 21.8 Å². The van der Waals surface area contributed by atoms with Crippen LogP contribution in [0.3, 0.4) is 0 Å². The Morgan fingerprint density at radius 1 is 1.16 bits per heavy atom. The average Bonchev–Trinajstić information content (AvgIpc) is 3.53. The van der Waals surface area contributed by atoms with Gasteiger partial charge in [0.15, 0.2) is 5.78 Å². The Kier molecular flexibility index (Phi) is 9.52. The Bertz CT molecular complexity index is 1800. The average molecular weight is 633 g/mol. The fraction of sp³-hybridized carbons (Fsp3) is 0.310. The number of rotatable bonds is 8. The van der Waals surface area contributed by atoms with Crippen molar-refractivity contribution in [2.24, 2.45) is 0 Å². The fourth-order valence-corrected chi connectivity index (χ4v) is 5.36. The summed E-state index contributed by atoms with van der Waals surface area (Å²) in [6.45, 7) is 1.88. The second-order valence-corrected chi connectivity index (χ2v) is 12.3. The van der Waals surface area contributed by atoms with Crippen LogP contribution in [0.25, 0.3) is 10.9 Å². The first kappa shape index (κ1) is 31.7. The summed E-state index contributed by atoms with van der Waals surface area (Å²) in [5, 5.41) is 2.86. The number of halogens is 3. The number of likely N-dealkylation sites (tertiary alicyclic amines) is 1. The van der Waals surface area contributed by atoms with Crippen molar-refractivity contribution in [3.05, 3.63) is 70.1 Å². The number of fused-ring (bicyclic) bond motifs is 1. The number of sulfonamides is 1. The SMILES string of the molecule is CCS(=O)(=O)NC(=O)C#Cc1ccc2c(c1)c(C(C)=O)cn2CC(=O)N1C[C@H](F)C[C@H]1C(=O)NCc1cccc(Cl)c1F. The van der Waals surface area contributed by atoms with E-state index in [9.17, 15) is 36.4 Å². The highest BCUT2D eigenvalue weighted by atomic mass is 35.5. The van der Waals surface area contributed by atoms with Crippen LogP contribution in [0.2, 0.25) is 5.02 Å². The fourth-order valence-electron chi connectivity index (χ4n) is 4.68. The molecule has 0 unspecified atom stereocenters. The molecule has 14 heteroatoms. The third kappa shape index (κ3) is 7.39. The van der Waals surface area contributed by atoms with E-state index in [-0.39, 0.29) is 53.7 Å². The lowest BCUT2D eigenvalue weighted by atomic mass is 10.1. The van der Waals surface area contributed by atoms with E-state index < -0.39 is 45.8 Å². The van der Waals surface area contributed by atoms with Crippen molar-refractivity contribution >= 4 is 56.0 Å². The van der Waals surface area contributed by atoms with Gasteiger partial charge in [-0.1, -0.05) is 29.7 Å². The van der Waals surface area contributed by atoms with Crippen LogP contribution in [0.5, 0.6) is 0 Å². The van der Waals surface area contributed by atoms with E-state index in [1.165, 1.54) is 54.9 Å². The summed E-state index contributed by atoms with van der Waals surface area (Å²) in [5.41, 5.74) is 1.18. The minimum absolute atomic E-state index is 0.107. The van der Waals surface area contributed by atoms with Gasteiger partial charge in [0.25, 0.3) is 0 Å². The molecule has 3 amide bonds. The van der Waals surface area contributed by atoms with E-state index in [1.807, 2.05) is 4.72 Å². The topological polar surface area (TPSA) is 135 Å². The van der Waals surface area contributed by atoms with Crippen molar-refractivity contribution in [3.8, 4) is 11.8 Å². The molecule has 1 fully saturated rings. The maximum absolute atomic E-state index is 14.4. The Morgan fingerprint density at radius 2 is 1.91 bits per heavy atom. The summed E-state index contributed by atoms with van der Waals surface area (Å²) in [4.78, 5) is 51.6. The number of carbonyl (C=O) groups is 4. The van der Waals surface area contributed by atoms with Crippen molar-refractivity contribution in [2.45, 2.75) is 45.6 Å². The van der Waals surface area contributed by atoms with Gasteiger partial charge in [0.05, 0.1) is 17.3 Å². The van der Waals surface area contributed by atoms with E-state index in [0.29, 0.717) is 16.5 Å². The molecular formula is C29H27ClF2N4O6S. The van der Waals surface area contributed by atoms with Crippen LogP contribution in [0.1, 0.15) is 41.8 Å². The lowest BCUT2D eigenvalue weighted by Gasteiger charge is -2.24. The molecule has 0 bridgehead atoms. The van der Waals surface area contributed by atoms with Crippen LogP contribution in [-0.2, 0) is 37.5 Å². The molecule has 1 aliphatic heterocycles. The minimum atomic E-state index is -3.78. The van der Waals surface area contributed by atoms with Crippen molar-refractivity contribution < 1.29 is 36.4 Å². The van der Waals surface area contributed by atoms with Gasteiger partial charge < -0.3 is 14.8 Å². The molecule has 2 atom stereocenters. The standard InChI is InChI=1S/C29H27ClF2N4O6S/c1-3-43(41,42)34-26(38)10-8-18-7-9-24-21(11-18)22(17(2)37)15-35(24)16-27(39)36-14-20(31)12-25(36)29(40)33-13-19-5-4-6-23(30)28(19)32/h4-7,9,11,15,20,25H,3,12-14,16H2,1-2H3,(H,33,40)(H,34,38)/t20-,25+/m1/s1. The number of aromatic nitrogens is 1. The summed E-state index contributed by atoms with van der Waals surface area (Å²) in [5.74, 6) is 1.23. The molecule has 0 aliphatic carbocycles. The van der Waals surface area contributed by atoms with Gasteiger partial charge in [0.1, 0.15) is 24.6 Å². The Balaban J connectivity index is 1.53. The van der Waals surface area contributed by atoms with E-state index in [2.05, 4.69) is 17.2 Å². The smallest absolute Gasteiger partial charge is 0.309 e. The predicted molar refractivity (Wildman–Crippen MR) is 155 cm³/mol. The van der Waals surface area contributed by atoms with Crippen LogP contribution in [0.15, 0.2) is 42.6 Å². The molecule has 0 radical (unpaired) electrons. The second-order valence-electron chi connectivity index (χ2n) is 9.87. The minimum Gasteiger partial charge on any atom is -0.350 e. The molecule has 0 spiro atoms. The molecule has 226 valence electrons. The number of amides is 3. The third-order valence-electron chi connectivity index (χ3n) is 6.87. The number of benzene rings is 2. The number of hydrogen-bond acceptors (Lipinski definition) is 6. The maximum Gasteiger partial charge on any atom is 0.309 e. The number of hydrogen-bond donors (Lipinski definition) is 2. The molecule has 2 N–H and O–H groups in total. The Morgan fingerprint density at radius 3 is 2.60 bits per heavy atom. The molecular weight excluding hydrogens is 606 g/mol. The highest BCUT2D eigenvalue weighted by Crippen LogP contribution is 2.26. The lowest BCUT2D eigenvalue weighted by molar-refractivity contribution is -0.139. The number of Topliss-reactive ketones (excluding diaryl/α,β-unsaturated/α-hetero) is 1. The molecule has 4 rings (SSSR count). The van der Waals surface area contributed by atoms with Gasteiger partial charge in [-0.3, -0.25) is 19.2 Å². The number of alkyl halides is 1. The zero-order valence-corrected chi connectivity index (χ0v) is 24.7. The van der Waals surface area contributed by atoms with Crippen molar-refractivity contribution in [1.29, 1.82) is 0 Å². The van der Waals surface area contributed by atoms with Crippen LogP contribution in [0, 0.1) is 17.7 Å². The van der Waals surface area contributed by atoms with Crippen LogP contribution < -0.4 is 10.0 Å². The molecule has 3 aromatic rings. The summed E-state index contributed by atoms with van der Waals surface area (Å²) in [6, 6.07) is 7.85. The molecule has 2 aromatic carbocycles. The van der Waals surface area contributed by atoms with Crippen LogP contribution in [-0.4, -0.2) is 65.9 Å².